The molecule has 0 saturated carbocycles. The minimum absolute atomic E-state index is 0.274. The van der Waals surface area contributed by atoms with Crippen molar-refractivity contribution in [1.29, 1.82) is 0 Å². The quantitative estimate of drug-likeness (QED) is 0.760. The molecule has 2 fully saturated rings. The zero-order chi connectivity index (χ0) is 9.64. The summed E-state index contributed by atoms with van der Waals surface area (Å²) in [7, 11) is 0. The summed E-state index contributed by atoms with van der Waals surface area (Å²) >= 11 is 2.06. The van der Waals surface area contributed by atoms with Crippen LogP contribution in [0.15, 0.2) is 0 Å². The van der Waals surface area contributed by atoms with Gasteiger partial charge in [0.2, 0.25) is 0 Å². The summed E-state index contributed by atoms with van der Waals surface area (Å²) in [6.07, 6.45) is 2.95. The number of rotatable bonds is 3. The third-order valence-electron chi connectivity index (χ3n) is 2.68. The van der Waals surface area contributed by atoms with Gasteiger partial charge in [-0.2, -0.15) is 11.8 Å². The molecule has 1 N–H and O–H groups in total. The second-order valence-electron chi connectivity index (χ2n) is 3.89. The van der Waals surface area contributed by atoms with E-state index in [0.29, 0.717) is 6.04 Å². The van der Waals surface area contributed by atoms with E-state index in [0.717, 1.165) is 26.4 Å². The van der Waals surface area contributed by atoms with Gasteiger partial charge >= 0.3 is 0 Å². The van der Waals surface area contributed by atoms with Crippen LogP contribution in [0.1, 0.15) is 12.8 Å². The Hall–Kier alpha value is 0.230. The van der Waals surface area contributed by atoms with Crippen LogP contribution in [-0.4, -0.2) is 50.0 Å². The Morgan fingerprint density at radius 2 is 2.36 bits per heavy atom. The monoisotopic (exact) mass is 217 g/mol. The van der Waals surface area contributed by atoms with Gasteiger partial charge in [0, 0.05) is 18.3 Å². The van der Waals surface area contributed by atoms with E-state index in [2.05, 4.69) is 17.1 Å². The average molecular weight is 217 g/mol. The summed E-state index contributed by atoms with van der Waals surface area (Å²) in [6.45, 7) is 3.22. The third kappa shape index (κ3) is 3.42. The van der Waals surface area contributed by atoms with Crippen molar-refractivity contribution in [3.05, 3.63) is 0 Å². The SMILES string of the molecule is C1CSCC(NCC2COCCO2)C1. The lowest BCUT2D eigenvalue weighted by Gasteiger charge is -2.27. The van der Waals surface area contributed by atoms with Crippen LogP contribution in [0.3, 0.4) is 0 Å². The summed E-state index contributed by atoms with van der Waals surface area (Å²) in [4.78, 5) is 0. The molecule has 4 heteroatoms. The molecule has 3 nitrogen and oxygen atoms in total. The molecule has 2 aliphatic heterocycles. The smallest absolute Gasteiger partial charge is 0.0933 e. The van der Waals surface area contributed by atoms with E-state index < -0.39 is 0 Å². The van der Waals surface area contributed by atoms with Crippen LogP contribution in [0.25, 0.3) is 0 Å². The van der Waals surface area contributed by atoms with Crippen molar-refractivity contribution in [3.8, 4) is 0 Å². The minimum atomic E-state index is 0.274. The maximum absolute atomic E-state index is 5.57. The molecule has 0 aromatic heterocycles. The molecule has 2 saturated heterocycles. The molecule has 2 heterocycles. The van der Waals surface area contributed by atoms with Gasteiger partial charge in [0.1, 0.15) is 0 Å². The van der Waals surface area contributed by atoms with Crippen molar-refractivity contribution < 1.29 is 9.47 Å². The van der Waals surface area contributed by atoms with Crippen LogP contribution in [0, 0.1) is 0 Å². The van der Waals surface area contributed by atoms with E-state index in [9.17, 15) is 0 Å². The number of hydrogen-bond acceptors (Lipinski definition) is 4. The van der Waals surface area contributed by atoms with Crippen molar-refractivity contribution in [1.82, 2.24) is 5.32 Å². The normalized spacial score (nSPS) is 34.3. The highest BCUT2D eigenvalue weighted by molar-refractivity contribution is 7.99. The van der Waals surface area contributed by atoms with E-state index >= 15 is 0 Å². The lowest BCUT2D eigenvalue weighted by molar-refractivity contribution is -0.0869. The predicted molar refractivity (Wildman–Crippen MR) is 58.9 cm³/mol. The molecule has 0 radical (unpaired) electrons. The zero-order valence-corrected chi connectivity index (χ0v) is 9.35. The molecule has 2 atom stereocenters. The summed E-state index contributed by atoms with van der Waals surface area (Å²) in [5.41, 5.74) is 0. The standard InChI is InChI=1S/C10H19NO2S/c1-2-9(8-14-5-1)11-6-10-7-12-3-4-13-10/h9-11H,1-8H2. The maximum atomic E-state index is 5.57. The van der Waals surface area contributed by atoms with Crippen molar-refractivity contribution in [2.75, 3.05) is 37.9 Å². The lowest BCUT2D eigenvalue weighted by atomic mass is 10.2. The van der Waals surface area contributed by atoms with Crippen LogP contribution in [0.2, 0.25) is 0 Å². The van der Waals surface area contributed by atoms with E-state index in [1.165, 1.54) is 24.3 Å². The van der Waals surface area contributed by atoms with Crippen LogP contribution in [-0.2, 0) is 9.47 Å². The average Bonchev–Trinajstić information content (AvgIpc) is 2.29. The topological polar surface area (TPSA) is 30.5 Å². The van der Waals surface area contributed by atoms with Gasteiger partial charge in [-0.05, 0) is 18.6 Å². The number of ether oxygens (including phenoxy) is 2. The van der Waals surface area contributed by atoms with Gasteiger partial charge in [-0.1, -0.05) is 0 Å². The fourth-order valence-corrected chi connectivity index (χ4v) is 2.96. The minimum Gasteiger partial charge on any atom is -0.376 e. The molecule has 0 aromatic rings. The molecule has 14 heavy (non-hydrogen) atoms. The summed E-state index contributed by atoms with van der Waals surface area (Å²) in [5.74, 6) is 2.59. The largest absolute Gasteiger partial charge is 0.376 e. The fraction of sp³-hybridized carbons (Fsp3) is 1.00. The molecular formula is C10H19NO2S. The van der Waals surface area contributed by atoms with Gasteiger partial charge in [0.05, 0.1) is 25.9 Å². The highest BCUT2D eigenvalue weighted by Crippen LogP contribution is 2.16. The second kappa shape index (κ2) is 5.95. The predicted octanol–water partition coefficient (Wildman–Crippen LogP) is 0.887. The van der Waals surface area contributed by atoms with E-state index in [1.54, 1.807) is 0 Å². The Morgan fingerprint density at radius 3 is 3.07 bits per heavy atom. The molecule has 0 spiro atoms. The van der Waals surface area contributed by atoms with Crippen LogP contribution < -0.4 is 5.32 Å². The Kier molecular flexibility index (Phi) is 4.57. The van der Waals surface area contributed by atoms with Gasteiger partial charge in [0.15, 0.2) is 0 Å². The Morgan fingerprint density at radius 1 is 1.36 bits per heavy atom. The molecular weight excluding hydrogens is 198 g/mol. The van der Waals surface area contributed by atoms with Crippen molar-refractivity contribution >= 4 is 11.8 Å². The van der Waals surface area contributed by atoms with Crippen molar-refractivity contribution in [2.45, 2.75) is 25.0 Å². The van der Waals surface area contributed by atoms with Crippen LogP contribution in [0.4, 0.5) is 0 Å². The highest BCUT2D eigenvalue weighted by atomic mass is 32.2. The lowest BCUT2D eigenvalue weighted by Crippen LogP contribution is -2.43. The maximum Gasteiger partial charge on any atom is 0.0933 e. The fourth-order valence-electron chi connectivity index (χ4n) is 1.85. The van der Waals surface area contributed by atoms with Gasteiger partial charge < -0.3 is 14.8 Å². The van der Waals surface area contributed by atoms with Crippen molar-refractivity contribution in [3.63, 3.8) is 0 Å². The molecule has 0 aliphatic carbocycles. The van der Waals surface area contributed by atoms with Gasteiger partial charge in [-0.15, -0.1) is 0 Å². The third-order valence-corrected chi connectivity index (χ3v) is 3.89. The Bertz CT molecular complexity index is 138. The molecule has 2 aliphatic rings. The van der Waals surface area contributed by atoms with Crippen LogP contribution >= 0.6 is 11.8 Å². The van der Waals surface area contributed by atoms with Gasteiger partial charge in [0.25, 0.3) is 0 Å². The molecule has 82 valence electrons. The first-order chi connectivity index (χ1) is 6.95. The number of hydrogen-bond donors (Lipinski definition) is 1. The first-order valence-corrected chi connectivity index (χ1v) is 6.61. The first-order valence-electron chi connectivity index (χ1n) is 5.45. The molecule has 2 unspecified atom stereocenters. The number of nitrogens with one attached hydrogen (secondary N) is 1. The van der Waals surface area contributed by atoms with E-state index in [-0.39, 0.29) is 6.10 Å². The van der Waals surface area contributed by atoms with Gasteiger partial charge in [-0.3, -0.25) is 0 Å². The molecule has 0 amide bonds. The first kappa shape index (κ1) is 10.7. The zero-order valence-electron chi connectivity index (χ0n) is 8.54. The summed E-state index contributed by atoms with van der Waals surface area (Å²) < 4.78 is 10.9. The second-order valence-corrected chi connectivity index (χ2v) is 5.04. The number of thioether (sulfide) groups is 1. The molecule has 0 aromatic carbocycles. The van der Waals surface area contributed by atoms with Crippen molar-refractivity contribution in [2.24, 2.45) is 0 Å². The van der Waals surface area contributed by atoms with E-state index in [1.807, 2.05) is 0 Å². The molecule has 0 bridgehead atoms. The highest BCUT2D eigenvalue weighted by Gasteiger charge is 2.17. The van der Waals surface area contributed by atoms with Gasteiger partial charge in [-0.25, -0.2) is 0 Å². The summed E-state index contributed by atoms with van der Waals surface area (Å²) in [6, 6.07) is 0.694. The van der Waals surface area contributed by atoms with E-state index in [4.69, 9.17) is 9.47 Å². The molecule has 2 rings (SSSR count). The Labute approximate surface area is 89.9 Å². The Balaban J connectivity index is 1.60. The summed E-state index contributed by atoms with van der Waals surface area (Å²) in [5, 5.41) is 3.57. The van der Waals surface area contributed by atoms with Crippen LogP contribution in [0.5, 0.6) is 0 Å².